The zero-order valence-corrected chi connectivity index (χ0v) is 18.5. The Morgan fingerprint density at radius 3 is 2.31 bits per heavy atom. The lowest BCUT2D eigenvalue weighted by Gasteiger charge is -2.23. The van der Waals surface area contributed by atoms with Crippen molar-refractivity contribution in [2.75, 3.05) is 18.1 Å². The summed E-state index contributed by atoms with van der Waals surface area (Å²) in [4.78, 5) is 13.3. The summed E-state index contributed by atoms with van der Waals surface area (Å²) >= 11 is 0. The number of amides is 1. The standard InChI is InChI=1S/C24H23N3O4S/c1-31-23-11-7-6-10-20(23)22-16-21(17-12-14-19(15-13-17)26-32(2,29)30)25-27(22)24(28)18-8-4-3-5-9-18/h3-15,22,26H,16H2,1-2H3/t22-/m1/s1. The van der Waals surface area contributed by atoms with Crippen LogP contribution in [0, 0.1) is 0 Å². The molecule has 4 rings (SSSR count). The summed E-state index contributed by atoms with van der Waals surface area (Å²) in [6, 6.07) is 23.2. The first-order valence-electron chi connectivity index (χ1n) is 10.0. The minimum absolute atomic E-state index is 0.202. The first-order chi connectivity index (χ1) is 15.4. The van der Waals surface area contributed by atoms with Gasteiger partial charge in [-0.05, 0) is 35.9 Å². The number of carbonyl (C=O) groups is 1. The maximum absolute atomic E-state index is 13.3. The van der Waals surface area contributed by atoms with E-state index in [1.54, 1.807) is 43.5 Å². The third-order valence-corrected chi connectivity index (χ3v) is 5.76. The molecule has 1 aliphatic heterocycles. The van der Waals surface area contributed by atoms with Crippen molar-refractivity contribution in [3.63, 3.8) is 0 Å². The van der Waals surface area contributed by atoms with E-state index in [9.17, 15) is 13.2 Å². The fourth-order valence-corrected chi connectivity index (χ4v) is 4.28. The van der Waals surface area contributed by atoms with E-state index in [-0.39, 0.29) is 11.9 Å². The summed E-state index contributed by atoms with van der Waals surface area (Å²) < 4.78 is 30.9. The summed E-state index contributed by atoms with van der Waals surface area (Å²) in [7, 11) is -1.76. The normalized spacial score (nSPS) is 15.9. The smallest absolute Gasteiger partial charge is 0.274 e. The Kier molecular flexibility index (Phi) is 5.96. The average Bonchev–Trinajstić information content (AvgIpc) is 3.24. The Bertz CT molecular complexity index is 1260. The van der Waals surface area contributed by atoms with Crippen molar-refractivity contribution in [3.8, 4) is 5.75 Å². The van der Waals surface area contributed by atoms with Gasteiger partial charge in [-0.3, -0.25) is 9.52 Å². The zero-order chi connectivity index (χ0) is 22.7. The Balaban J connectivity index is 1.70. The maximum atomic E-state index is 13.3. The Labute approximate surface area is 187 Å². The number of hydrogen-bond donors (Lipinski definition) is 1. The molecule has 0 bridgehead atoms. The van der Waals surface area contributed by atoms with Crippen molar-refractivity contribution in [1.29, 1.82) is 0 Å². The molecular formula is C24H23N3O4S. The van der Waals surface area contributed by atoms with Gasteiger partial charge in [0, 0.05) is 23.2 Å². The van der Waals surface area contributed by atoms with E-state index >= 15 is 0 Å². The number of carbonyl (C=O) groups excluding carboxylic acids is 1. The van der Waals surface area contributed by atoms with E-state index in [0.717, 1.165) is 23.1 Å². The molecule has 0 aliphatic carbocycles. The third-order valence-electron chi connectivity index (χ3n) is 5.16. The number of nitrogens with zero attached hydrogens (tertiary/aromatic N) is 2. The number of benzene rings is 3. The summed E-state index contributed by atoms with van der Waals surface area (Å²) in [5.74, 6) is 0.486. The van der Waals surface area contributed by atoms with Crippen LogP contribution < -0.4 is 9.46 Å². The number of hydrazone groups is 1. The highest BCUT2D eigenvalue weighted by atomic mass is 32.2. The first kappa shape index (κ1) is 21.6. The summed E-state index contributed by atoms with van der Waals surface area (Å²) in [5, 5.41) is 6.18. The molecule has 0 unspecified atom stereocenters. The maximum Gasteiger partial charge on any atom is 0.274 e. The van der Waals surface area contributed by atoms with Crippen molar-refractivity contribution in [3.05, 3.63) is 95.6 Å². The van der Waals surface area contributed by atoms with Gasteiger partial charge in [-0.2, -0.15) is 5.10 Å². The van der Waals surface area contributed by atoms with Crippen LogP contribution in [0.2, 0.25) is 0 Å². The van der Waals surface area contributed by atoms with E-state index in [2.05, 4.69) is 9.82 Å². The molecule has 1 amide bonds. The summed E-state index contributed by atoms with van der Waals surface area (Å²) in [5.41, 5.74) is 3.43. The third kappa shape index (κ3) is 4.65. The lowest BCUT2D eigenvalue weighted by atomic mass is 9.97. The topological polar surface area (TPSA) is 88.1 Å². The van der Waals surface area contributed by atoms with Crippen LogP contribution in [0.3, 0.4) is 0 Å². The van der Waals surface area contributed by atoms with Gasteiger partial charge in [0.25, 0.3) is 5.91 Å². The molecule has 32 heavy (non-hydrogen) atoms. The minimum atomic E-state index is -3.36. The molecule has 3 aromatic rings. The van der Waals surface area contributed by atoms with Gasteiger partial charge >= 0.3 is 0 Å². The molecule has 0 saturated heterocycles. The van der Waals surface area contributed by atoms with Crippen LogP contribution in [-0.2, 0) is 10.0 Å². The molecule has 0 aromatic heterocycles. The van der Waals surface area contributed by atoms with Crippen LogP contribution in [0.15, 0.2) is 84.0 Å². The van der Waals surface area contributed by atoms with Crippen LogP contribution >= 0.6 is 0 Å². The van der Waals surface area contributed by atoms with Gasteiger partial charge in [0.05, 0.1) is 25.1 Å². The molecule has 0 radical (unpaired) electrons. The number of para-hydroxylation sites is 1. The molecule has 164 valence electrons. The average molecular weight is 450 g/mol. The number of anilines is 1. The van der Waals surface area contributed by atoms with Gasteiger partial charge in [-0.1, -0.05) is 48.5 Å². The molecule has 3 aromatic carbocycles. The lowest BCUT2D eigenvalue weighted by molar-refractivity contribution is 0.0709. The van der Waals surface area contributed by atoms with Gasteiger partial charge in [0.15, 0.2) is 0 Å². The number of ether oxygens (including phenoxy) is 1. The molecule has 7 nitrogen and oxygen atoms in total. The van der Waals surface area contributed by atoms with Crippen molar-refractivity contribution < 1.29 is 17.9 Å². The second kappa shape index (κ2) is 8.84. The highest BCUT2D eigenvalue weighted by molar-refractivity contribution is 7.92. The molecule has 1 aliphatic rings. The second-order valence-electron chi connectivity index (χ2n) is 7.48. The van der Waals surface area contributed by atoms with Crippen LogP contribution in [0.25, 0.3) is 0 Å². The van der Waals surface area contributed by atoms with Crippen molar-refractivity contribution >= 4 is 27.3 Å². The van der Waals surface area contributed by atoms with E-state index < -0.39 is 10.0 Å². The van der Waals surface area contributed by atoms with Crippen molar-refractivity contribution in [2.45, 2.75) is 12.5 Å². The highest BCUT2D eigenvalue weighted by Crippen LogP contribution is 2.38. The summed E-state index contributed by atoms with van der Waals surface area (Å²) in [6.45, 7) is 0. The Morgan fingerprint density at radius 2 is 1.66 bits per heavy atom. The summed E-state index contributed by atoms with van der Waals surface area (Å²) in [6.07, 6.45) is 1.60. The van der Waals surface area contributed by atoms with E-state index in [0.29, 0.717) is 23.4 Å². The fraction of sp³-hybridized carbons (Fsp3) is 0.167. The molecule has 0 spiro atoms. The predicted molar refractivity (Wildman–Crippen MR) is 124 cm³/mol. The SMILES string of the molecule is COc1ccccc1[C@H]1CC(c2ccc(NS(C)(=O)=O)cc2)=NN1C(=O)c1ccccc1. The fourth-order valence-electron chi connectivity index (χ4n) is 3.71. The molecule has 1 N–H and O–H groups in total. The van der Waals surface area contributed by atoms with Gasteiger partial charge in [-0.25, -0.2) is 13.4 Å². The van der Waals surface area contributed by atoms with Crippen LogP contribution in [0.5, 0.6) is 5.75 Å². The molecule has 0 saturated carbocycles. The van der Waals surface area contributed by atoms with Gasteiger partial charge in [-0.15, -0.1) is 0 Å². The van der Waals surface area contributed by atoms with Crippen LogP contribution in [0.4, 0.5) is 5.69 Å². The number of nitrogens with one attached hydrogen (secondary N) is 1. The largest absolute Gasteiger partial charge is 0.496 e. The molecule has 1 atom stereocenters. The Hall–Kier alpha value is -3.65. The number of methoxy groups -OCH3 is 1. The Morgan fingerprint density at radius 1 is 1.00 bits per heavy atom. The monoisotopic (exact) mass is 449 g/mol. The molecule has 0 fully saturated rings. The quantitative estimate of drug-likeness (QED) is 0.615. The number of rotatable bonds is 6. The highest BCUT2D eigenvalue weighted by Gasteiger charge is 2.35. The van der Waals surface area contributed by atoms with Crippen molar-refractivity contribution in [2.24, 2.45) is 5.10 Å². The minimum Gasteiger partial charge on any atom is -0.496 e. The van der Waals surface area contributed by atoms with Crippen LogP contribution in [0.1, 0.15) is 33.9 Å². The van der Waals surface area contributed by atoms with Crippen molar-refractivity contribution in [1.82, 2.24) is 5.01 Å². The number of sulfonamides is 1. The van der Waals surface area contributed by atoms with Gasteiger partial charge in [0.2, 0.25) is 10.0 Å². The zero-order valence-electron chi connectivity index (χ0n) is 17.7. The van der Waals surface area contributed by atoms with Gasteiger partial charge < -0.3 is 4.74 Å². The number of hydrogen-bond acceptors (Lipinski definition) is 5. The van der Waals surface area contributed by atoms with E-state index in [4.69, 9.17) is 4.74 Å². The van der Waals surface area contributed by atoms with Gasteiger partial charge in [0.1, 0.15) is 5.75 Å². The van der Waals surface area contributed by atoms with E-state index in [1.165, 1.54) is 5.01 Å². The first-order valence-corrected chi connectivity index (χ1v) is 11.9. The molecule has 8 heteroatoms. The molecule has 1 heterocycles. The van der Waals surface area contributed by atoms with Crippen LogP contribution in [-0.4, -0.2) is 38.4 Å². The lowest BCUT2D eigenvalue weighted by Crippen LogP contribution is -2.27. The molecular weight excluding hydrogens is 426 g/mol. The predicted octanol–water partition coefficient (Wildman–Crippen LogP) is 4.06. The second-order valence-corrected chi connectivity index (χ2v) is 9.22. The van der Waals surface area contributed by atoms with E-state index in [1.807, 2.05) is 42.5 Å².